The third kappa shape index (κ3) is 3.24. The first kappa shape index (κ1) is 15.5. The van der Waals surface area contributed by atoms with Gasteiger partial charge in [-0.3, -0.25) is 14.9 Å². The van der Waals surface area contributed by atoms with Crippen molar-refractivity contribution in [2.45, 2.75) is 45.3 Å². The van der Waals surface area contributed by atoms with Crippen LogP contribution < -0.4 is 0 Å². The fraction of sp³-hybridized carbons (Fsp3) is 0.643. The van der Waals surface area contributed by atoms with Crippen LogP contribution in [0.3, 0.4) is 0 Å². The fourth-order valence-electron chi connectivity index (χ4n) is 2.52. The average molecular weight is 295 g/mol. The fourth-order valence-corrected chi connectivity index (χ4v) is 2.52. The van der Waals surface area contributed by atoms with E-state index >= 15 is 0 Å². The number of piperidine rings is 1. The van der Waals surface area contributed by atoms with Gasteiger partial charge in [-0.15, -0.1) is 0 Å². The molecule has 7 nitrogen and oxygen atoms in total. The van der Waals surface area contributed by atoms with E-state index in [1.165, 1.54) is 12.3 Å². The molecule has 0 atom stereocenters. The van der Waals surface area contributed by atoms with E-state index in [1.54, 1.807) is 16.4 Å². The number of aliphatic hydroxyl groups is 1. The molecule has 0 aromatic carbocycles. The molecule has 1 N–H and O–H groups in total. The zero-order valence-electron chi connectivity index (χ0n) is 12.6. The molecule has 1 fully saturated rings. The molecule has 21 heavy (non-hydrogen) atoms. The van der Waals surface area contributed by atoms with Crippen molar-refractivity contribution in [2.75, 3.05) is 13.1 Å². The lowest BCUT2D eigenvalue weighted by Crippen LogP contribution is -2.45. The first-order chi connectivity index (χ1) is 9.71. The van der Waals surface area contributed by atoms with Gasteiger partial charge >= 0.3 is 0 Å². The number of carbonyl (C=O) groups is 1. The van der Waals surface area contributed by atoms with Gasteiger partial charge in [-0.1, -0.05) is 0 Å². The number of hydrogen-bond acceptors (Lipinski definition) is 4. The van der Waals surface area contributed by atoms with Crippen molar-refractivity contribution in [1.82, 2.24) is 9.47 Å². The second-order valence-electron chi connectivity index (χ2n) is 6.13. The maximum atomic E-state index is 12.6. The van der Waals surface area contributed by atoms with Crippen molar-refractivity contribution < 1.29 is 14.8 Å². The number of aromatic nitrogens is 1. The Balaban J connectivity index is 2.25. The van der Waals surface area contributed by atoms with E-state index in [2.05, 4.69) is 0 Å². The van der Waals surface area contributed by atoms with Crippen LogP contribution in [-0.2, 0) is 0 Å². The van der Waals surface area contributed by atoms with Gasteiger partial charge < -0.3 is 14.6 Å². The van der Waals surface area contributed by atoms with Gasteiger partial charge in [0.15, 0.2) is 0 Å². The lowest BCUT2D eigenvalue weighted by molar-refractivity contribution is -0.384. The second kappa shape index (κ2) is 5.48. The standard InChI is InChI=1S/C14H21N3O4/c1-10(2)16-9-11(17(20)21)8-12(16)13(18)15-6-4-14(3,19)5-7-15/h8-10,19H,4-7H2,1-3H3. The summed E-state index contributed by atoms with van der Waals surface area (Å²) in [6, 6.07) is 1.29. The Hall–Kier alpha value is -1.89. The number of nitro groups is 1. The van der Waals surface area contributed by atoms with Crippen molar-refractivity contribution in [3.63, 3.8) is 0 Å². The van der Waals surface area contributed by atoms with Gasteiger partial charge in [0.1, 0.15) is 5.69 Å². The molecule has 7 heteroatoms. The van der Waals surface area contributed by atoms with Gasteiger partial charge in [0, 0.05) is 25.2 Å². The maximum Gasteiger partial charge on any atom is 0.287 e. The molecule has 0 aliphatic carbocycles. The molecule has 0 radical (unpaired) electrons. The molecule has 1 aromatic heterocycles. The summed E-state index contributed by atoms with van der Waals surface area (Å²) in [5, 5.41) is 20.8. The summed E-state index contributed by atoms with van der Waals surface area (Å²) in [4.78, 5) is 24.6. The van der Waals surface area contributed by atoms with Crippen molar-refractivity contribution in [1.29, 1.82) is 0 Å². The molecule has 1 aliphatic rings. The molecule has 0 spiro atoms. The van der Waals surface area contributed by atoms with E-state index in [-0.39, 0.29) is 17.6 Å². The quantitative estimate of drug-likeness (QED) is 0.682. The summed E-state index contributed by atoms with van der Waals surface area (Å²) in [5.74, 6) is -0.215. The van der Waals surface area contributed by atoms with Crippen LogP contribution in [0.25, 0.3) is 0 Å². The minimum absolute atomic E-state index is 0.0365. The first-order valence-corrected chi connectivity index (χ1v) is 7.09. The maximum absolute atomic E-state index is 12.6. The predicted octanol–water partition coefficient (Wildman–Crippen LogP) is 1.96. The third-order valence-electron chi connectivity index (χ3n) is 3.95. The highest BCUT2D eigenvalue weighted by Crippen LogP contribution is 2.26. The molecule has 116 valence electrons. The Morgan fingerprint density at radius 3 is 2.48 bits per heavy atom. The van der Waals surface area contributed by atoms with Crippen molar-refractivity contribution in [2.24, 2.45) is 0 Å². The number of rotatable bonds is 3. The minimum Gasteiger partial charge on any atom is -0.390 e. The van der Waals surface area contributed by atoms with E-state index in [0.717, 1.165) is 0 Å². The van der Waals surface area contributed by atoms with Crippen LogP contribution in [0.15, 0.2) is 12.3 Å². The average Bonchev–Trinajstić information content (AvgIpc) is 2.83. The summed E-state index contributed by atoms with van der Waals surface area (Å²) < 4.78 is 1.63. The number of carbonyl (C=O) groups excluding carboxylic acids is 1. The van der Waals surface area contributed by atoms with Crippen molar-refractivity contribution >= 4 is 11.6 Å². The number of nitrogens with zero attached hydrogens (tertiary/aromatic N) is 3. The van der Waals surface area contributed by atoms with Crippen LogP contribution in [0.4, 0.5) is 5.69 Å². The topological polar surface area (TPSA) is 88.6 Å². The summed E-state index contributed by atoms with van der Waals surface area (Å²) in [7, 11) is 0. The lowest BCUT2D eigenvalue weighted by atomic mass is 9.94. The van der Waals surface area contributed by atoms with E-state index in [4.69, 9.17) is 0 Å². The second-order valence-corrected chi connectivity index (χ2v) is 6.13. The van der Waals surface area contributed by atoms with Gasteiger partial charge in [0.2, 0.25) is 0 Å². The lowest BCUT2D eigenvalue weighted by Gasteiger charge is -2.35. The zero-order chi connectivity index (χ0) is 15.8. The summed E-state index contributed by atoms with van der Waals surface area (Å²) in [5.41, 5.74) is -0.475. The largest absolute Gasteiger partial charge is 0.390 e. The van der Waals surface area contributed by atoms with Crippen LogP contribution in [0.2, 0.25) is 0 Å². The Bertz CT molecular complexity index is 553. The Kier molecular flexibility index (Phi) is 4.04. The third-order valence-corrected chi connectivity index (χ3v) is 3.95. The SMILES string of the molecule is CC(C)n1cc([N+](=O)[O-])cc1C(=O)N1CCC(C)(O)CC1. The van der Waals surface area contributed by atoms with E-state index in [1.807, 2.05) is 13.8 Å². The van der Waals surface area contributed by atoms with E-state index < -0.39 is 10.5 Å². The molecule has 0 saturated carbocycles. The van der Waals surface area contributed by atoms with Crippen LogP contribution in [0, 0.1) is 10.1 Å². The van der Waals surface area contributed by atoms with Crippen LogP contribution in [-0.4, -0.2) is 44.1 Å². The molecule has 1 amide bonds. The molecule has 1 aliphatic heterocycles. The van der Waals surface area contributed by atoms with E-state index in [0.29, 0.717) is 31.6 Å². The van der Waals surface area contributed by atoms with Crippen LogP contribution >= 0.6 is 0 Å². The Labute approximate surface area is 123 Å². The Morgan fingerprint density at radius 2 is 2.00 bits per heavy atom. The molecular formula is C14H21N3O4. The number of hydrogen-bond donors (Lipinski definition) is 1. The highest BCUT2D eigenvalue weighted by atomic mass is 16.6. The highest BCUT2D eigenvalue weighted by molar-refractivity contribution is 5.93. The van der Waals surface area contributed by atoms with Gasteiger partial charge in [0.25, 0.3) is 11.6 Å². The van der Waals surface area contributed by atoms with Gasteiger partial charge in [0.05, 0.1) is 16.7 Å². The zero-order valence-corrected chi connectivity index (χ0v) is 12.6. The molecule has 2 rings (SSSR count). The van der Waals surface area contributed by atoms with Gasteiger partial charge in [-0.05, 0) is 33.6 Å². The highest BCUT2D eigenvalue weighted by Gasteiger charge is 2.32. The van der Waals surface area contributed by atoms with Crippen molar-refractivity contribution in [3.05, 3.63) is 28.1 Å². The van der Waals surface area contributed by atoms with Crippen molar-refractivity contribution in [3.8, 4) is 0 Å². The predicted molar refractivity (Wildman–Crippen MR) is 77.2 cm³/mol. The normalized spacial score (nSPS) is 18.0. The van der Waals surface area contributed by atoms with Gasteiger partial charge in [-0.25, -0.2) is 0 Å². The Morgan fingerprint density at radius 1 is 1.43 bits per heavy atom. The summed E-state index contributed by atoms with van der Waals surface area (Å²) in [6.45, 7) is 6.44. The van der Waals surface area contributed by atoms with Crippen LogP contribution in [0.1, 0.15) is 50.1 Å². The molecule has 0 unspecified atom stereocenters. The smallest absolute Gasteiger partial charge is 0.287 e. The molecular weight excluding hydrogens is 274 g/mol. The first-order valence-electron chi connectivity index (χ1n) is 7.09. The molecule has 1 aromatic rings. The number of likely N-dealkylation sites (tertiary alicyclic amines) is 1. The number of amides is 1. The monoisotopic (exact) mass is 295 g/mol. The van der Waals surface area contributed by atoms with Gasteiger partial charge in [-0.2, -0.15) is 0 Å². The van der Waals surface area contributed by atoms with Crippen LogP contribution in [0.5, 0.6) is 0 Å². The minimum atomic E-state index is -0.733. The molecule has 2 heterocycles. The molecule has 1 saturated heterocycles. The summed E-state index contributed by atoms with van der Waals surface area (Å²) in [6.07, 6.45) is 2.43. The van der Waals surface area contributed by atoms with E-state index in [9.17, 15) is 20.0 Å². The molecule has 0 bridgehead atoms. The summed E-state index contributed by atoms with van der Waals surface area (Å²) >= 11 is 0.